The van der Waals surface area contributed by atoms with E-state index in [2.05, 4.69) is 9.97 Å². The first-order valence-corrected chi connectivity index (χ1v) is 5.18. The van der Waals surface area contributed by atoms with Crippen LogP contribution in [-0.4, -0.2) is 9.97 Å². The average molecular weight is 235 g/mol. The van der Waals surface area contributed by atoms with Crippen LogP contribution in [0.5, 0.6) is 0 Å². The molecule has 0 bridgehead atoms. The van der Waals surface area contributed by atoms with Gasteiger partial charge in [-0.05, 0) is 18.6 Å². The molecule has 0 saturated heterocycles. The summed E-state index contributed by atoms with van der Waals surface area (Å²) >= 11 is 0. The molecule has 0 atom stereocenters. The second-order valence-corrected chi connectivity index (χ2v) is 3.54. The molecule has 0 aliphatic carbocycles. The van der Waals surface area contributed by atoms with Gasteiger partial charge in [0.1, 0.15) is 23.8 Å². The molecular weight excluding hydrogens is 224 g/mol. The highest BCUT2D eigenvalue weighted by Gasteiger charge is 2.17. The molecule has 2 rings (SSSR count). The molecule has 3 nitrogen and oxygen atoms in total. The zero-order valence-electron chi connectivity index (χ0n) is 9.24. The maximum absolute atomic E-state index is 13.6. The number of nitrogens with two attached hydrogens (primary N) is 1. The molecule has 0 radical (unpaired) electrons. The van der Waals surface area contributed by atoms with Crippen LogP contribution in [0.25, 0.3) is 11.3 Å². The molecule has 1 aromatic heterocycles. The Bertz CT molecular complexity index is 535. The number of hydrogen-bond acceptors (Lipinski definition) is 3. The van der Waals surface area contributed by atoms with Crippen molar-refractivity contribution in [3.63, 3.8) is 0 Å². The Morgan fingerprint density at radius 1 is 1.18 bits per heavy atom. The van der Waals surface area contributed by atoms with Crippen molar-refractivity contribution in [2.45, 2.75) is 13.3 Å². The quantitative estimate of drug-likeness (QED) is 0.870. The molecule has 0 unspecified atom stereocenters. The minimum absolute atomic E-state index is 0.154. The van der Waals surface area contributed by atoms with Gasteiger partial charge in [0.05, 0.1) is 11.3 Å². The van der Waals surface area contributed by atoms with E-state index in [4.69, 9.17) is 5.73 Å². The highest BCUT2D eigenvalue weighted by Crippen LogP contribution is 2.29. The predicted octanol–water partition coefficient (Wildman–Crippen LogP) is 2.57. The van der Waals surface area contributed by atoms with Gasteiger partial charge in [-0.3, -0.25) is 0 Å². The Kier molecular flexibility index (Phi) is 2.99. The Labute approximate surface area is 97.3 Å². The van der Waals surface area contributed by atoms with Gasteiger partial charge in [0.15, 0.2) is 0 Å². The maximum Gasteiger partial charge on any atom is 0.135 e. The fraction of sp³-hybridized carbons (Fsp3) is 0.167. The monoisotopic (exact) mass is 235 g/mol. The van der Waals surface area contributed by atoms with E-state index in [0.29, 0.717) is 12.0 Å². The molecule has 0 amide bonds. The summed E-state index contributed by atoms with van der Waals surface area (Å²) in [6, 6.07) is 3.69. The molecule has 88 valence electrons. The number of benzene rings is 1. The number of hydrogen-bond donors (Lipinski definition) is 1. The van der Waals surface area contributed by atoms with Crippen LogP contribution in [0.15, 0.2) is 24.5 Å². The van der Waals surface area contributed by atoms with Crippen LogP contribution in [0, 0.1) is 11.6 Å². The number of nitrogen functional groups attached to an aromatic ring is 1. The molecule has 0 saturated carbocycles. The lowest BCUT2D eigenvalue weighted by molar-refractivity contribution is 0.588. The van der Waals surface area contributed by atoms with Crippen LogP contribution in [0.4, 0.5) is 14.6 Å². The minimum Gasteiger partial charge on any atom is -0.383 e. The van der Waals surface area contributed by atoms with Crippen LogP contribution in [-0.2, 0) is 6.42 Å². The summed E-state index contributed by atoms with van der Waals surface area (Å²) in [6.07, 6.45) is 1.71. The first kappa shape index (κ1) is 11.4. The molecule has 0 aliphatic heterocycles. The lowest BCUT2D eigenvalue weighted by atomic mass is 10.0. The van der Waals surface area contributed by atoms with Gasteiger partial charge in [-0.1, -0.05) is 13.0 Å². The average Bonchev–Trinajstić information content (AvgIpc) is 2.29. The zero-order chi connectivity index (χ0) is 12.4. The highest BCUT2D eigenvalue weighted by molar-refractivity contribution is 5.68. The Morgan fingerprint density at radius 2 is 1.82 bits per heavy atom. The third-order valence-corrected chi connectivity index (χ3v) is 2.53. The van der Waals surface area contributed by atoms with Crippen molar-refractivity contribution in [2.24, 2.45) is 0 Å². The van der Waals surface area contributed by atoms with E-state index in [1.165, 1.54) is 24.5 Å². The third kappa shape index (κ3) is 1.95. The topological polar surface area (TPSA) is 51.8 Å². The van der Waals surface area contributed by atoms with Gasteiger partial charge < -0.3 is 5.73 Å². The predicted molar refractivity (Wildman–Crippen MR) is 61.2 cm³/mol. The Morgan fingerprint density at radius 3 is 2.41 bits per heavy atom. The van der Waals surface area contributed by atoms with Crippen LogP contribution >= 0.6 is 0 Å². The summed E-state index contributed by atoms with van der Waals surface area (Å²) in [4.78, 5) is 7.75. The van der Waals surface area contributed by atoms with Crippen molar-refractivity contribution in [3.8, 4) is 11.3 Å². The van der Waals surface area contributed by atoms with E-state index in [0.717, 1.165) is 0 Å². The van der Waals surface area contributed by atoms with Crippen molar-refractivity contribution in [1.82, 2.24) is 9.97 Å². The number of nitrogens with zero attached hydrogens (tertiary/aromatic N) is 2. The van der Waals surface area contributed by atoms with Gasteiger partial charge >= 0.3 is 0 Å². The lowest BCUT2D eigenvalue weighted by Gasteiger charge is -2.10. The molecule has 1 aromatic carbocycles. The molecule has 5 heteroatoms. The highest BCUT2D eigenvalue weighted by atomic mass is 19.1. The third-order valence-electron chi connectivity index (χ3n) is 2.53. The molecule has 2 aromatic rings. The van der Waals surface area contributed by atoms with Crippen molar-refractivity contribution in [2.75, 3.05) is 5.73 Å². The van der Waals surface area contributed by atoms with Gasteiger partial charge in [0.25, 0.3) is 0 Å². The number of halogens is 2. The fourth-order valence-corrected chi connectivity index (χ4v) is 1.71. The van der Waals surface area contributed by atoms with Crippen molar-refractivity contribution >= 4 is 5.82 Å². The molecule has 2 N–H and O–H groups in total. The zero-order valence-corrected chi connectivity index (χ0v) is 9.24. The summed E-state index contributed by atoms with van der Waals surface area (Å²) in [7, 11) is 0. The van der Waals surface area contributed by atoms with Gasteiger partial charge in [-0.15, -0.1) is 0 Å². The second-order valence-electron chi connectivity index (χ2n) is 3.54. The van der Waals surface area contributed by atoms with E-state index in [-0.39, 0.29) is 17.1 Å². The number of aromatic nitrogens is 2. The van der Waals surface area contributed by atoms with Gasteiger partial charge in [0, 0.05) is 5.56 Å². The van der Waals surface area contributed by atoms with Gasteiger partial charge in [0.2, 0.25) is 0 Å². The van der Waals surface area contributed by atoms with E-state index >= 15 is 0 Å². The summed E-state index contributed by atoms with van der Waals surface area (Å²) in [5, 5.41) is 0. The summed E-state index contributed by atoms with van der Waals surface area (Å²) in [5.74, 6) is -1.06. The van der Waals surface area contributed by atoms with E-state index in [1.807, 2.05) is 6.92 Å². The van der Waals surface area contributed by atoms with Crippen molar-refractivity contribution in [1.29, 1.82) is 0 Å². The largest absolute Gasteiger partial charge is 0.383 e. The van der Waals surface area contributed by atoms with Crippen molar-refractivity contribution in [3.05, 3.63) is 41.7 Å². The molecule has 17 heavy (non-hydrogen) atoms. The summed E-state index contributed by atoms with van der Waals surface area (Å²) < 4.78 is 27.3. The van der Waals surface area contributed by atoms with E-state index in [9.17, 15) is 8.78 Å². The van der Waals surface area contributed by atoms with Crippen LogP contribution in [0.1, 0.15) is 12.5 Å². The van der Waals surface area contributed by atoms with Crippen molar-refractivity contribution < 1.29 is 8.78 Å². The lowest BCUT2D eigenvalue weighted by Crippen LogP contribution is -2.03. The Balaban J connectivity index is 2.73. The van der Waals surface area contributed by atoms with Crippen LogP contribution < -0.4 is 5.73 Å². The number of anilines is 1. The Hall–Kier alpha value is -2.04. The van der Waals surface area contributed by atoms with Crippen LogP contribution in [0.2, 0.25) is 0 Å². The van der Waals surface area contributed by atoms with Crippen LogP contribution in [0.3, 0.4) is 0 Å². The molecule has 0 fully saturated rings. The molecular formula is C12H11F2N3. The van der Waals surface area contributed by atoms with E-state index in [1.54, 1.807) is 0 Å². The maximum atomic E-state index is 13.6. The normalized spacial score (nSPS) is 10.5. The summed E-state index contributed by atoms with van der Waals surface area (Å²) in [6.45, 7) is 1.83. The molecule has 1 heterocycles. The SMILES string of the molecule is CCc1c(N)ncnc1-c1c(F)cccc1F. The summed E-state index contributed by atoms with van der Waals surface area (Å²) in [5.41, 5.74) is 6.29. The smallest absolute Gasteiger partial charge is 0.135 e. The van der Waals surface area contributed by atoms with Gasteiger partial charge in [-0.2, -0.15) is 0 Å². The van der Waals surface area contributed by atoms with Gasteiger partial charge in [-0.25, -0.2) is 18.7 Å². The number of rotatable bonds is 2. The fourth-order valence-electron chi connectivity index (χ4n) is 1.71. The first-order valence-electron chi connectivity index (χ1n) is 5.18. The minimum atomic E-state index is -0.655. The van der Waals surface area contributed by atoms with E-state index < -0.39 is 11.6 Å². The second kappa shape index (κ2) is 4.45. The first-order chi connectivity index (χ1) is 8.15. The standard InChI is InChI=1S/C12H11F2N3/c1-2-7-11(16-6-17-12(7)15)10-8(13)4-3-5-9(10)14/h3-6H,2H2,1H3,(H2,15,16,17). The molecule has 0 aliphatic rings. The molecule has 0 spiro atoms.